The largest absolute Gasteiger partial charge is 0.435 e. The Morgan fingerprint density at radius 1 is 1.06 bits per heavy atom. The van der Waals surface area contributed by atoms with E-state index in [0.717, 1.165) is 28.4 Å². The minimum atomic E-state index is 0.410. The van der Waals surface area contributed by atoms with E-state index >= 15 is 0 Å². The average molecular weight is 249 g/mol. The van der Waals surface area contributed by atoms with Crippen LogP contribution in [0, 0.1) is 20.8 Å². The van der Waals surface area contributed by atoms with Crippen molar-refractivity contribution >= 4 is 0 Å². The molecule has 0 radical (unpaired) electrons. The van der Waals surface area contributed by atoms with Crippen molar-refractivity contribution in [2.45, 2.75) is 27.3 Å². The Morgan fingerprint density at radius 3 is 2.17 bits per heavy atom. The van der Waals surface area contributed by atoms with Crippen LogP contribution >= 0.6 is 0 Å². The molecule has 0 unspecified atom stereocenters. The molecule has 98 valence electrons. The fourth-order valence-electron chi connectivity index (χ4n) is 2.04. The van der Waals surface area contributed by atoms with E-state index in [2.05, 4.69) is 10.2 Å². The molecule has 0 spiro atoms. The first-order valence-corrected chi connectivity index (χ1v) is 5.86. The summed E-state index contributed by atoms with van der Waals surface area (Å²) in [5.41, 5.74) is 9.41. The third kappa shape index (κ3) is 1.88. The van der Waals surface area contributed by atoms with Crippen LogP contribution in [0.1, 0.15) is 22.6 Å². The number of aryl methyl sites for hydroxylation is 4. The molecule has 0 fully saturated rings. The minimum Gasteiger partial charge on any atom is -0.435 e. The number of nitrogens with two attached hydrogens (primary N) is 1. The van der Waals surface area contributed by atoms with Crippen LogP contribution < -0.4 is 10.5 Å². The second kappa shape index (κ2) is 4.45. The van der Waals surface area contributed by atoms with Gasteiger partial charge < -0.3 is 10.5 Å². The molecule has 0 saturated heterocycles. The molecule has 18 heavy (non-hydrogen) atoms. The first-order chi connectivity index (χ1) is 8.45. The zero-order valence-corrected chi connectivity index (χ0v) is 11.5. The van der Waals surface area contributed by atoms with Crippen molar-refractivity contribution in [3.63, 3.8) is 0 Å². The van der Waals surface area contributed by atoms with Crippen LogP contribution in [0.4, 0.5) is 0 Å². The molecule has 0 aromatic carbocycles. The number of hydrogen-bond donors (Lipinski definition) is 1. The van der Waals surface area contributed by atoms with E-state index in [1.165, 1.54) is 0 Å². The van der Waals surface area contributed by atoms with Crippen LogP contribution in [0.2, 0.25) is 0 Å². The van der Waals surface area contributed by atoms with Gasteiger partial charge in [0, 0.05) is 20.6 Å². The molecule has 2 N–H and O–H groups in total. The summed E-state index contributed by atoms with van der Waals surface area (Å²) in [6.07, 6.45) is 0. The maximum atomic E-state index is 5.97. The van der Waals surface area contributed by atoms with Crippen LogP contribution in [0.5, 0.6) is 11.6 Å². The van der Waals surface area contributed by atoms with Crippen molar-refractivity contribution < 1.29 is 4.74 Å². The predicted octanol–water partition coefficient (Wildman–Crippen LogP) is 1.33. The summed E-state index contributed by atoms with van der Waals surface area (Å²) in [5.74, 6) is 1.46. The number of nitrogens with zero attached hydrogens (tertiary/aromatic N) is 4. The maximum absolute atomic E-state index is 5.97. The molecule has 0 aliphatic rings. The topological polar surface area (TPSA) is 70.9 Å². The van der Waals surface area contributed by atoms with E-state index in [-0.39, 0.29) is 0 Å². The van der Waals surface area contributed by atoms with Crippen LogP contribution in [0.15, 0.2) is 0 Å². The highest BCUT2D eigenvalue weighted by Gasteiger charge is 2.18. The Labute approximate surface area is 106 Å². The van der Waals surface area contributed by atoms with Crippen LogP contribution in [-0.2, 0) is 20.6 Å². The molecule has 0 aliphatic heterocycles. The van der Waals surface area contributed by atoms with Gasteiger partial charge in [-0.3, -0.25) is 4.68 Å². The van der Waals surface area contributed by atoms with E-state index in [4.69, 9.17) is 10.5 Å². The maximum Gasteiger partial charge on any atom is 0.222 e. The molecule has 0 amide bonds. The van der Waals surface area contributed by atoms with Crippen molar-refractivity contribution in [1.82, 2.24) is 19.6 Å². The van der Waals surface area contributed by atoms with Crippen molar-refractivity contribution in [3.8, 4) is 11.6 Å². The van der Waals surface area contributed by atoms with Crippen LogP contribution in [0.25, 0.3) is 0 Å². The van der Waals surface area contributed by atoms with Gasteiger partial charge in [0.15, 0.2) is 5.75 Å². The monoisotopic (exact) mass is 249 g/mol. The summed E-state index contributed by atoms with van der Waals surface area (Å²) in [5, 5.41) is 8.66. The highest BCUT2D eigenvalue weighted by Crippen LogP contribution is 2.31. The Balaban J connectivity index is 2.46. The van der Waals surface area contributed by atoms with Gasteiger partial charge in [-0.15, -0.1) is 0 Å². The van der Waals surface area contributed by atoms with Gasteiger partial charge in [0.2, 0.25) is 5.88 Å². The Morgan fingerprint density at radius 2 is 1.67 bits per heavy atom. The summed E-state index contributed by atoms with van der Waals surface area (Å²) in [6.45, 7) is 6.24. The normalized spacial score (nSPS) is 11.0. The minimum absolute atomic E-state index is 0.410. The molecular weight excluding hydrogens is 230 g/mol. The van der Waals surface area contributed by atoms with E-state index < -0.39 is 0 Å². The first-order valence-electron chi connectivity index (χ1n) is 5.86. The molecule has 2 heterocycles. The fourth-order valence-corrected chi connectivity index (χ4v) is 2.04. The lowest BCUT2D eigenvalue weighted by Crippen LogP contribution is -2.02. The summed E-state index contributed by atoms with van der Waals surface area (Å²) >= 11 is 0. The molecule has 0 bridgehead atoms. The van der Waals surface area contributed by atoms with Gasteiger partial charge in [-0.25, -0.2) is 4.68 Å². The molecule has 6 nitrogen and oxygen atoms in total. The molecule has 2 aromatic rings. The smallest absolute Gasteiger partial charge is 0.222 e. The second-order valence-corrected chi connectivity index (χ2v) is 4.42. The summed E-state index contributed by atoms with van der Waals surface area (Å²) in [6, 6.07) is 0. The van der Waals surface area contributed by atoms with E-state index in [0.29, 0.717) is 12.4 Å². The highest BCUT2D eigenvalue weighted by atomic mass is 16.5. The standard InChI is InChI=1S/C12H19N5O/c1-7-10(6-13)12(17(5)14-7)18-11-8(2)15-16(4)9(11)3/h6,13H2,1-5H3. The summed E-state index contributed by atoms with van der Waals surface area (Å²) in [7, 11) is 3.75. The van der Waals surface area contributed by atoms with Gasteiger partial charge in [-0.2, -0.15) is 10.2 Å². The SMILES string of the molecule is Cc1nn(C)c(Oc2c(C)nn(C)c2C)c1CN. The fraction of sp³-hybridized carbons (Fsp3) is 0.500. The van der Waals surface area contributed by atoms with Gasteiger partial charge in [0.05, 0.1) is 17.0 Å². The van der Waals surface area contributed by atoms with Crippen molar-refractivity contribution in [2.75, 3.05) is 0 Å². The zero-order chi connectivity index (χ0) is 13.4. The third-order valence-electron chi connectivity index (χ3n) is 3.13. The Hall–Kier alpha value is -1.82. The van der Waals surface area contributed by atoms with Gasteiger partial charge in [0.1, 0.15) is 5.69 Å². The Kier molecular flexibility index (Phi) is 3.13. The summed E-state index contributed by atoms with van der Waals surface area (Å²) < 4.78 is 9.48. The van der Waals surface area contributed by atoms with Crippen molar-refractivity contribution in [2.24, 2.45) is 19.8 Å². The average Bonchev–Trinajstić information content (AvgIpc) is 2.70. The van der Waals surface area contributed by atoms with Crippen LogP contribution in [-0.4, -0.2) is 19.6 Å². The third-order valence-corrected chi connectivity index (χ3v) is 3.13. The van der Waals surface area contributed by atoms with E-state index in [9.17, 15) is 0 Å². The number of rotatable bonds is 3. The van der Waals surface area contributed by atoms with Crippen molar-refractivity contribution in [3.05, 3.63) is 22.6 Å². The number of ether oxygens (including phenoxy) is 1. The predicted molar refractivity (Wildman–Crippen MR) is 68.6 cm³/mol. The number of hydrogen-bond acceptors (Lipinski definition) is 4. The summed E-state index contributed by atoms with van der Waals surface area (Å²) in [4.78, 5) is 0. The van der Waals surface area contributed by atoms with Gasteiger partial charge in [0.25, 0.3) is 0 Å². The second-order valence-electron chi connectivity index (χ2n) is 4.42. The van der Waals surface area contributed by atoms with Gasteiger partial charge in [-0.1, -0.05) is 0 Å². The molecule has 2 aromatic heterocycles. The molecule has 6 heteroatoms. The molecule has 2 rings (SSSR count). The van der Waals surface area contributed by atoms with E-state index in [1.807, 2.05) is 34.9 Å². The first kappa shape index (κ1) is 12.6. The van der Waals surface area contributed by atoms with Gasteiger partial charge >= 0.3 is 0 Å². The molecule has 0 saturated carbocycles. The molecule has 0 aliphatic carbocycles. The number of aromatic nitrogens is 4. The highest BCUT2D eigenvalue weighted by molar-refractivity contribution is 5.39. The van der Waals surface area contributed by atoms with Crippen LogP contribution in [0.3, 0.4) is 0 Å². The quantitative estimate of drug-likeness (QED) is 0.890. The van der Waals surface area contributed by atoms with Gasteiger partial charge in [-0.05, 0) is 20.8 Å². The molecule has 0 atom stereocenters. The lowest BCUT2D eigenvalue weighted by Gasteiger charge is -2.08. The lowest BCUT2D eigenvalue weighted by atomic mass is 10.2. The zero-order valence-electron chi connectivity index (χ0n) is 11.5. The molecular formula is C12H19N5O. The van der Waals surface area contributed by atoms with Crippen molar-refractivity contribution in [1.29, 1.82) is 0 Å². The lowest BCUT2D eigenvalue weighted by molar-refractivity contribution is 0.420. The Bertz CT molecular complexity index is 582. The van der Waals surface area contributed by atoms with E-state index in [1.54, 1.807) is 9.36 Å².